The lowest BCUT2D eigenvalue weighted by Gasteiger charge is -2.33. The Hall–Kier alpha value is -2.72. The lowest BCUT2D eigenvalue weighted by atomic mass is 10.1. The summed E-state index contributed by atoms with van der Waals surface area (Å²) in [5.41, 5.74) is 0.285. The number of ether oxygens (including phenoxy) is 1. The van der Waals surface area contributed by atoms with Gasteiger partial charge in [0.15, 0.2) is 0 Å². The molecule has 0 spiro atoms. The summed E-state index contributed by atoms with van der Waals surface area (Å²) >= 11 is 0. The van der Waals surface area contributed by atoms with Crippen LogP contribution in [0.15, 0.2) is 18.2 Å². The number of nitro benzene ring substituents is 1. The number of carbonyl (C=O) groups is 2. The number of methoxy groups -OCH3 is 1. The van der Waals surface area contributed by atoms with Gasteiger partial charge in [-0.1, -0.05) is 0 Å². The van der Waals surface area contributed by atoms with Crippen LogP contribution in [0.4, 0.5) is 11.4 Å². The molecule has 10 heteroatoms. The molecule has 0 radical (unpaired) electrons. The van der Waals surface area contributed by atoms with Crippen LogP contribution in [0.3, 0.4) is 0 Å². The van der Waals surface area contributed by atoms with Gasteiger partial charge in [0.25, 0.3) is 11.6 Å². The molecule has 1 aromatic rings. The molecule has 2 rings (SSSR count). The van der Waals surface area contributed by atoms with E-state index in [4.69, 9.17) is 4.74 Å². The molecule has 1 aliphatic rings. The van der Waals surface area contributed by atoms with Crippen LogP contribution in [-0.4, -0.2) is 98.5 Å². The zero-order chi connectivity index (χ0) is 20.7. The van der Waals surface area contributed by atoms with Crippen molar-refractivity contribution in [1.29, 1.82) is 0 Å². The minimum absolute atomic E-state index is 0.0653. The SMILES string of the molecule is COCCNc1ccc(C(=O)N(C)CC(=O)N2CCN(C)CC2)cc1[N+](=O)[O-]. The van der Waals surface area contributed by atoms with Crippen molar-refractivity contribution in [1.82, 2.24) is 14.7 Å². The van der Waals surface area contributed by atoms with Crippen molar-refractivity contribution in [3.05, 3.63) is 33.9 Å². The van der Waals surface area contributed by atoms with E-state index in [0.717, 1.165) is 13.1 Å². The smallest absolute Gasteiger partial charge is 0.293 e. The van der Waals surface area contributed by atoms with Gasteiger partial charge >= 0.3 is 0 Å². The van der Waals surface area contributed by atoms with Crippen molar-refractivity contribution in [3.63, 3.8) is 0 Å². The molecule has 0 atom stereocenters. The normalized spacial score (nSPS) is 14.6. The van der Waals surface area contributed by atoms with Crippen LogP contribution in [-0.2, 0) is 9.53 Å². The average Bonchev–Trinajstić information content (AvgIpc) is 2.68. The van der Waals surface area contributed by atoms with E-state index in [1.807, 2.05) is 7.05 Å². The highest BCUT2D eigenvalue weighted by Crippen LogP contribution is 2.26. The standard InChI is InChI=1S/C18H27N5O5/c1-20-7-9-22(10-8-20)17(24)13-21(2)18(25)14-4-5-15(19-6-11-28-3)16(12-14)23(26)27/h4-5,12,19H,6-11,13H2,1-3H3. The molecule has 0 unspecified atom stereocenters. The van der Waals surface area contributed by atoms with Gasteiger partial charge in [0.05, 0.1) is 18.1 Å². The van der Waals surface area contributed by atoms with Crippen LogP contribution >= 0.6 is 0 Å². The predicted molar refractivity (Wildman–Crippen MR) is 104 cm³/mol. The second-order valence-electron chi connectivity index (χ2n) is 6.75. The second-order valence-corrected chi connectivity index (χ2v) is 6.75. The highest BCUT2D eigenvalue weighted by atomic mass is 16.6. The van der Waals surface area contributed by atoms with E-state index < -0.39 is 10.8 Å². The molecular weight excluding hydrogens is 366 g/mol. The molecule has 0 bridgehead atoms. The van der Waals surface area contributed by atoms with Crippen molar-refractivity contribution < 1.29 is 19.2 Å². The quantitative estimate of drug-likeness (QED) is 0.389. The number of carbonyl (C=O) groups excluding carboxylic acids is 2. The van der Waals surface area contributed by atoms with Gasteiger partial charge < -0.3 is 24.8 Å². The van der Waals surface area contributed by atoms with Gasteiger partial charge in [-0.15, -0.1) is 0 Å². The van der Waals surface area contributed by atoms with Gasteiger partial charge in [-0.3, -0.25) is 19.7 Å². The molecule has 1 fully saturated rings. The minimum Gasteiger partial charge on any atom is -0.383 e. The van der Waals surface area contributed by atoms with Gasteiger partial charge in [-0.25, -0.2) is 0 Å². The van der Waals surface area contributed by atoms with Gasteiger partial charge in [-0.2, -0.15) is 0 Å². The van der Waals surface area contributed by atoms with Gasteiger partial charge in [0, 0.05) is 58.5 Å². The van der Waals surface area contributed by atoms with Crippen molar-refractivity contribution in [2.45, 2.75) is 0 Å². The molecule has 1 heterocycles. The number of piperazine rings is 1. The maximum atomic E-state index is 12.6. The monoisotopic (exact) mass is 393 g/mol. The molecule has 2 amide bonds. The van der Waals surface area contributed by atoms with Gasteiger partial charge in [0.2, 0.25) is 5.91 Å². The van der Waals surface area contributed by atoms with E-state index in [2.05, 4.69) is 10.2 Å². The Morgan fingerprint density at radius 3 is 2.57 bits per heavy atom. The first kappa shape index (κ1) is 21.6. The van der Waals surface area contributed by atoms with E-state index in [-0.39, 0.29) is 23.7 Å². The van der Waals surface area contributed by atoms with Crippen LogP contribution in [0.1, 0.15) is 10.4 Å². The topological polar surface area (TPSA) is 108 Å². The Morgan fingerprint density at radius 2 is 1.96 bits per heavy atom. The summed E-state index contributed by atoms with van der Waals surface area (Å²) in [6.45, 7) is 3.60. The summed E-state index contributed by atoms with van der Waals surface area (Å²) in [6, 6.07) is 4.24. The average molecular weight is 393 g/mol. The van der Waals surface area contributed by atoms with Gasteiger partial charge in [0.1, 0.15) is 5.69 Å². The number of benzene rings is 1. The maximum absolute atomic E-state index is 12.6. The summed E-state index contributed by atoms with van der Waals surface area (Å²) in [5.74, 6) is -0.565. The number of rotatable bonds is 8. The molecule has 1 N–H and O–H groups in total. The fourth-order valence-corrected chi connectivity index (χ4v) is 2.90. The van der Waals surface area contributed by atoms with Crippen molar-refractivity contribution in [2.24, 2.45) is 0 Å². The predicted octanol–water partition coefficient (Wildman–Crippen LogP) is 0.499. The third kappa shape index (κ3) is 5.64. The molecule has 1 aliphatic heterocycles. The van der Waals surface area contributed by atoms with E-state index >= 15 is 0 Å². The van der Waals surface area contributed by atoms with Crippen LogP contribution < -0.4 is 5.32 Å². The van der Waals surface area contributed by atoms with Crippen LogP contribution in [0.25, 0.3) is 0 Å². The number of likely N-dealkylation sites (N-methyl/N-ethyl adjacent to an activating group) is 2. The first-order valence-electron chi connectivity index (χ1n) is 9.06. The molecule has 1 aromatic carbocycles. The third-order valence-corrected chi connectivity index (χ3v) is 4.64. The first-order valence-corrected chi connectivity index (χ1v) is 9.06. The molecular formula is C18H27N5O5. The number of nitrogens with zero attached hydrogens (tertiary/aromatic N) is 4. The second kappa shape index (κ2) is 10.00. The number of anilines is 1. The summed E-state index contributed by atoms with van der Waals surface area (Å²) in [6.07, 6.45) is 0. The lowest BCUT2D eigenvalue weighted by Crippen LogP contribution is -2.50. The highest BCUT2D eigenvalue weighted by Gasteiger charge is 2.24. The Balaban J connectivity index is 2.04. The zero-order valence-corrected chi connectivity index (χ0v) is 16.5. The van der Waals surface area contributed by atoms with E-state index in [0.29, 0.717) is 31.9 Å². The summed E-state index contributed by atoms with van der Waals surface area (Å²) in [4.78, 5) is 41.0. The number of hydrogen-bond acceptors (Lipinski definition) is 7. The number of hydrogen-bond donors (Lipinski definition) is 1. The van der Waals surface area contributed by atoms with Gasteiger partial charge in [-0.05, 0) is 19.2 Å². The summed E-state index contributed by atoms with van der Waals surface area (Å²) in [7, 11) is 5.06. The lowest BCUT2D eigenvalue weighted by molar-refractivity contribution is -0.384. The number of nitrogens with one attached hydrogen (secondary N) is 1. The van der Waals surface area contributed by atoms with Crippen molar-refractivity contribution in [3.8, 4) is 0 Å². The summed E-state index contributed by atoms with van der Waals surface area (Å²) in [5, 5.41) is 14.3. The largest absolute Gasteiger partial charge is 0.383 e. The van der Waals surface area contributed by atoms with Crippen molar-refractivity contribution in [2.75, 3.05) is 72.4 Å². The highest BCUT2D eigenvalue weighted by molar-refractivity contribution is 5.97. The molecule has 10 nitrogen and oxygen atoms in total. The van der Waals surface area contributed by atoms with Crippen molar-refractivity contribution >= 4 is 23.2 Å². The molecule has 154 valence electrons. The Bertz CT molecular complexity index is 718. The third-order valence-electron chi connectivity index (χ3n) is 4.64. The van der Waals surface area contributed by atoms with Crippen LogP contribution in [0.5, 0.6) is 0 Å². The zero-order valence-electron chi connectivity index (χ0n) is 16.5. The fourth-order valence-electron chi connectivity index (χ4n) is 2.90. The van der Waals surface area contributed by atoms with E-state index in [1.54, 1.807) is 4.90 Å². The Kier molecular flexibility index (Phi) is 7.70. The minimum atomic E-state index is -0.540. The number of amides is 2. The van der Waals surface area contributed by atoms with E-state index in [9.17, 15) is 19.7 Å². The fraction of sp³-hybridized carbons (Fsp3) is 0.556. The first-order chi connectivity index (χ1) is 13.3. The number of nitro groups is 1. The molecule has 28 heavy (non-hydrogen) atoms. The Labute approximate surface area is 164 Å². The molecule has 0 saturated carbocycles. The molecule has 0 aliphatic carbocycles. The maximum Gasteiger partial charge on any atom is 0.293 e. The van der Waals surface area contributed by atoms with Crippen LogP contribution in [0.2, 0.25) is 0 Å². The Morgan fingerprint density at radius 1 is 1.29 bits per heavy atom. The van der Waals surface area contributed by atoms with E-state index in [1.165, 1.54) is 37.3 Å². The van der Waals surface area contributed by atoms with Crippen LogP contribution in [0, 0.1) is 10.1 Å². The molecule has 0 aromatic heterocycles. The summed E-state index contributed by atoms with van der Waals surface area (Å²) < 4.78 is 4.92. The molecule has 1 saturated heterocycles.